The molecule has 0 bridgehead atoms. The molecule has 2 aromatic rings. The molecule has 0 saturated heterocycles. The molecule has 2 aromatic heterocycles. The number of rotatable bonds is 3. The topological polar surface area (TPSA) is 17.1 Å². The highest BCUT2D eigenvalue weighted by atomic mass is 35.5. The molecule has 88 valence electrons. The van der Waals surface area contributed by atoms with Gasteiger partial charge < -0.3 is 0 Å². The minimum Gasteiger partial charge on any atom is -0.288 e. The predicted octanol–water partition coefficient (Wildman–Crippen LogP) is 5.40. The van der Waals surface area contributed by atoms with E-state index >= 15 is 0 Å². The number of hydrogen-bond donors (Lipinski definition) is 0. The fourth-order valence-electron chi connectivity index (χ4n) is 1.31. The van der Waals surface area contributed by atoms with Crippen molar-refractivity contribution >= 4 is 57.2 Å². The highest BCUT2D eigenvalue weighted by Crippen LogP contribution is 2.28. The summed E-state index contributed by atoms with van der Waals surface area (Å²) in [6, 6.07) is 7.20. The molecule has 0 fully saturated rings. The lowest BCUT2D eigenvalue weighted by Gasteiger charge is -1.95. The molecule has 0 aromatic carbocycles. The molecule has 0 N–H and O–H groups in total. The maximum Gasteiger partial charge on any atom is 0.196 e. The molecule has 2 rings (SSSR count). The summed E-state index contributed by atoms with van der Waals surface area (Å²) in [7, 11) is 0. The van der Waals surface area contributed by atoms with Crippen molar-refractivity contribution in [1.82, 2.24) is 0 Å². The number of thiophene rings is 2. The average Bonchev–Trinajstić information content (AvgIpc) is 2.87. The van der Waals surface area contributed by atoms with Gasteiger partial charge in [0.2, 0.25) is 0 Å². The van der Waals surface area contributed by atoms with Gasteiger partial charge in [0.1, 0.15) is 0 Å². The second kappa shape index (κ2) is 5.36. The Labute approximate surface area is 117 Å². The monoisotopic (exact) mass is 302 g/mol. The van der Waals surface area contributed by atoms with Crippen LogP contribution in [0.15, 0.2) is 30.3 Å². The van der Waals surface area contributed by atoms with Gasteiger partial charge in [-0.15, -0.1) is 22.7 Å². The van der Waals surface area contributed by atoms with Crippen LogP contribution in [-0.4, -0.2) is 5.78 Å². The van der Waals surface area contributed by atoms with E-state index in [0.717, 1.165) is 14.8 Å². The Bertz CT molecular complexity index is 581. The second-order valence-corrected chi connectivity index (χ2v) is 6.83. The van der Waals surface area contributed by atoms with Gasteiger partial charge in [-0.2, -0.15) is 0 Å². The van der Waals surface area contributed by atoms with E-state index in [1.807, 2.05) is 19.1 Å². The third-order valence-electron chi connectivity index (χ3n) is 2.13. The summed E-state index contributed by atoms with van der Waals surface area (Å²) in [5.41, 5.74) is 0.913. The molecule has 0 spiro atoms. The van der Waals surface area contributed by atoms with E-state index in [-0.39, 0.29) is 5.78 Å². The third kappa shape index (κ3) is 3.19. The van der Waals surface area contributed by atoms with Crippen LogP contribution in [-0.2, 0) is 0 Å². The predicted molar refractivity (Wildman–Crippen MR) is 76.6 cm³/mol. The summed E-state index contributed by atoms with van der Waals surface area (Å²) in [5.74, 6) is -0.0241. The first-order valence-electron chi connectivity index (χ1n) is 4.80. The van der Waals surface area contributed by atoms with Gasteiger partial charge in [-0.3, -0.25) is 4.79 Å². The number of allylic oxidation sites excluding steroid dienone is 2. The molecule has 1 nitrogen and oxygen atoms in total. The minimum absolute atomic E-state index is 0.0241. The van der Waals surface area contributed by atoms with Crippen LogP contribution in [0.1, 0.15) is 21.5 Å². The zero-order valence-electron chi connectivity index (χ0n) is 8.87. The Kier molecular flexibility index (Phi) is 4.05. The first kappa shape index (κ1) is 12.8. The van der Waals surface area contributed by atoms with Crippen molar-refractivity contribution in [3.05, 3.63) is 48.8 Å². The summed E-state index contributed by atoms with van der Waals surface area (Å²) < 4.78 is 1.35. The van der Waals surface area contributed by atoms with Crippen LogP contribution in [0.3, 0.4) is 0 Å². The fraction of sp³-hybridized carbons (Fsp3) is 0.0833. The molecule has 17 heavy (non-hydrogen) atoms. The molecule has 0 amide bonds. The smallest absolute Gasteiger partial charge is 0.196 e. The van der Waals surface area contributed by atoms with Gasteiger partial charge in [-0.05, 0) is 42.8 Å². The normalized spacial score (nSPS) is 11.8. The minimum atomic E-state index is -0.0241. The zero-order valence-corrected chi connectivity index (χ0v) is 12.0. The first-order valence-corrected chi connectivity index (χ1v) is 7.19. The van der Waals surface area contributed by atoms with Gasteiger partial charge >= 0.3 is 0 Å². The van der Waals surface area contributed by atoms with Crippen LogP contribution in [0.4, 0.5) is 0 Å². The molecule has 0 atom stereocenters. The quantitative estimate of drug-likeness (QED) is 0.548. The number of ketones is 1. The molecule has 0 aliphatic heterocycles. The molecule has 0 saturated carbocycles. The lowest BCUT2D eigenvalue weighted by Crippen LogP contribution is -1.90. The SMILES string of the molecule is C/C(=C\C(=O)c1ccc(Cl)s1)c1ccc(Cl)s1. The highest BCUT2D eigenvalue weighted by Gasteiger charge is 2.08. The van der Waals surface area contributed by atoms with Crippen molar-refractivity contribution < 1.29 is 4.79 Å². The number of halogens is 2. The van der Waals surface area contributed by atoms with Crippen molar-refractivity contribution in [2.45, 2.75) is 6.92 Å². The van der Waals surface area contributed by atoms with Crippen molar-refractivity contribution in [3.63, 3.8) is 0 Å². The van der Waals surface area contributed by atoms with E-state index in [9.17, 15) is 4.79 Å². The summed E-state index contributed by atoms with van der Waals surface area (Å²) in [6.45, 7) is 1.90. The number of carbonyl (C=O) groups is 1. The summed E-state index contributed by atoms with van der Waals surface area (Å²) >= 11 is 14.4. The molecular formula is C12H8Cl2OS2. The van der Waals surface area contributed by atoms with Crippen LogP contribution in [0.5, 0.6) is 0 Å². The first-order chi connectivity index (χ1) is 8.06. The zero-order chi connectivity index (χ0) is 12.4. The van der Waals surface area contributed by atoms with E-state index in [0.29, 0.717) is 9.21 Å². The van der Waals surface area contributed by atoms with Crippen molar-refractivity contribution in [1.29, 1.82) is 0 Å². The molecule has 5 heteroatoms. The molecule has 0 aliphatic rings. The third-order valence-corrected chi connectivity index (χ3v) is 4.74. The van der Waals surface area contributed by atoms with Crippen molar-refractivity contribution in [2.24, 2.45) is 0 Å². The van der Waals surface area contributed by atoms with Gasteiger partial charge in [0.25, 0.3) is 0 Å². The van der Waals surface area contributed by atoms with E-state index in [1.54, 1.807) is 18.2 Å². The number of hydrogen-bond acceptors (Lipinski definition) is 3. The van der Waals surface area contributed by atoms with Crippen LogP contribution in [0.2, 0.25) is 8.67 Å². The van der Waals surface area contributed by atoms with Crippen LogP contribution in [0, 0.1) is 0 Å². The summed E-state index contributed by atoms with van der Waals surface area (Å²) in [5, 5.41) is 0. The lowest BCUT2D eigenvalue weighted by molar-refractivity contribution is 0.105. The van der Waals surface area contributed by atoms with Crippen molar-refractivity contribution in [3.8, 4) is 0 Å². The second-order valence-electron chi connectivity index (χ2n) is 3.40. The average molecular weight is 303 g/mol. The molecule has 0 radical (unpaired) electrons. The van der Waals surface area contributed by atoms with Crippen LogP contribution < -0.4 is 0 Å². The van der Waals surface area contributed by atoms with E-state index in [2.05, 4.69) is 0 Å². The van der Waals surface area contributed by atoms with Crippen molar-refractivity contribution in [2.75, 3.05) is 0 Å². The molecule has 2 heterocycles. The maximum absolute atomic E-state index is 11.9. The fourth-order valence-corrected chi connectivity index (χ4v) is 3.28. The Hall–Kier alpha value is -0.610. The Balaban J connectivity index is 2.22. The maximum atomic E-state index is 11.9. The van der Waals surface area contributed by atoms with Gasteiger partial charge in [-0.25, -0.2) is 0 Å². The standard InChI is InChI=1S/C12H8Cl2OS2/c1-7(9-2-4-11(13)16-9)6-8(15)10-3-5-12(14)17-10/h2-6H,1H3/b7-6+. The molecular weight excluding hydrogens is 295 g/mol. The van der Waals surface area contributed by atoms with Gasteiger partial charge in [-0.1, -0.05) is 23.2 Å². The van der Waals surface area contributed by atoms with Crippen LogP contribution >= 0.6 is 45.9 Å². The largest absolute Gasteiger partial charge is 0.288 e. The Morgan fingerprint density at radius 1 is 1.06 bits per heavy atom. The molecule has 0 unspecified atom stereocenters. The van der Waals surface area contributed by atoms with E-state index < -0.39 is 0 Å². The summed E-state index contributed by atoms with van der Waals surface area (Å²) in [4.78, 5) is 13.6. The van der Waals surface area contributed by atoms with Gasteiger partial charge in [0, 0.05) is 4.88 Å². The van der Waals surface area contributed by atoms with Crippen LogP contribution in [0.25, 0.3) is 5.57 Å². The number of carbonyl (C=O) groups excluding carboxylic acids is 1. The van der Waals surface area contributed by atoms with Gasteiger partial charge in [0.05, 0.1) is 13.5 Å². The summed E-state index contributed by atoms with van der Waals surface area (Å²) in [6.07, 6.45) is 1.62. The Morgan fingerprint density at radius 3 is 2.06 bits per heavy atom. The van der Waals surface area contributed by atoms with E-state index in [4.69, 9.17) is 23.2 Å². The highest BCUT2D eigenvalue weighted by molar-refractivity contribution is 7.18. The Morgan fingerprint density at radius 2 is 1.59 bits per heavy atom. The molecule has 0 aliphatic carbocycles. The lowest BCUT2D eigenvalue weighted by atomic mass is 10.2. The van der Waals surface area contributed by atoms with Gasteiger partial charge in [0.15, 0.2) is 5.78 Å². The van der Waals surface area contributed by atoms with E-state index in [1.165, 1.54) is 22.7 Å².